The summed E-state index contributed by atoms with van der Waals surface area (Å²) in [5, 5.41) is 1.86. The van der Waals surface area contributed by atoms with Gasteiger partial charge >= 0.3 is 0 Å². The highest BCUT2D eigenvalue weighted by atomic mass is 79.9. The van der Waals surface area contributed by atoms with Crippen molar-refractivity contribution >= 4 is 37.1 Å². The zero-order valence-corrected chi connectivity index (χ0v) is 11.0. The molecule has 0 saturated carbocycles. The van der Waals surface area contributed by atoms with Gasteiger partial charge in [0.1, 0.15) is 0 Å². The van der Waals surface area contributed by atoms with E-state index in [1.54, 1.807) is 6.92 Å². The SMILES string of the molecule is CC(N)CS(=O)(=O)Cc1sccc1Br. The predicted octanol–water partition coefficient (Wildman–Crippen LogP) is 1.77. The highest BCUT2D eigenvalue weighted by Crippen LogP contribution is 2.24. The van der Waals surface area contributed by atoms with Gasteiger partial charge in [0, 0.05) is 15.4 Å². The first-order valence-electron chi connectivity index (χ1n) is 4.08. The molecule has 1 aromatic heterocycles. The van der Waals surface area contributed by atoms with Gasteiger partial charge < -0.3 is 5.73 Å². The summed E-state index contributed by atoms with van der Waals surface area (Å²) in [6, 6.07) is 1.54. The van der Waals surface area contributed by atoms with Crippen LogP contribution in [0, 0.1) is 0 Å². The van der Waals surface area contributed by atoms with Gasteiger partial charge in [0.2, 0.25) is 0 Å². The molecule has 1 rings (SSSR count). The van der Waals surface area contributed by atoms with Gasteiger partial charge in [-0.1, -0.05) is 0 Å². The van der Waals surface area contributed by atoms with Crippen molar-refractivity contribution < 1.29 is 8.42 Å². The van der Waals surface area contributed by atoms with Gasteiger partial charge in [0.25, 0.3) is 0 Å². The molecule has 0 spiro atoms. The summed E-state index contributed by atoms with van der Waals surface area (Å²) in [4.78, 5) is 0.839. The van der Waals surface area contributed by atoms with E-state index in [4.69, 9.17) is 5.73 Å². The second-order valence-corrected chi connectivity index (χ2v) is 7.19. The van der Waals surface area contributed by atoms with Crippen molar-refractivity contribution in [2.24, 2.45) is 5.73 Å². The molecule has 0 amide bonds. The third-order valence-corrected chi connectivity index (χ3v) is 5.43. The van der Waals surface area contributed by atoms with Crippen molar-refractivity contribution in [2.45, 2.75) is 18.7 Å². The van der Waals surface area contributed by atoms with E-state index in [2.05, 4.69) is 15.9 Å². The average Bonchev–Trinajstić information content (AvgIpc) is 2.32. The van der Waals surface area contributed by atoms with Crippen molar-refractivity contribution in [2.75, 3.05) is 5.75 Å². The fraction of sp³-hybridized carbons (Fsp3) is 0.500. The lowest BCUT2D eigenvalue weighted by atomic mass is 10.4. The molecule has 0 aliphatic heterocycles. The van der Waals surface area contributed by atoms with Crippen LogP contribution in [0.15, 0.2) is 15.9 Å². The van der Waals surface area contributed by atoms with Gasteiger partial charge in [-0.15, -0.1) is 11.3 Å². The lowest BCUT2D eigenvalue weighted by Gasteiger charge is -2.05. The van der Waals surface area contributed by atoms with Crippen LogP contribution in [0.5, 0.6) is 0 Å². The zero-order valence-electron chi connectivity index (χ0n) is 7.73. The van der Waals surface area contributed by atoms with Crippen LogP contribution in [0.4, 0.5) is 0 Å². The van der Waals surface area contributed by atoms with Crippen LogP contribution in [-0.2, 0) is 15.6 Å². The largest absolute Gasteiger partial charge is 0.327 e. The average molecular weight is 298 g/mol. The molecule has 0 aliphatic carbocycles. The molecule has 1 aromatic rings. The van der Waals surface area contributed by atoms with E-state index in [1.807, 2.05) is 11.4 Å². The van der Waals surface area contributed by atoms with E-state index in [0.717, 1.165) is 9.35 Å². The highest BCUT2D eigenvalue weighted by Gasteiger charge is 2.16. The first kappa shape index (κ1) is 12.2. The minimum absolute atomic E-state index is 0.0390. The molecule has 0 bridgehead atoms. The van der Waals surface area contributed by atoms with Crippen molar-refractivity contribution in [3.05, 3.63) is 20.8 Å². The van der Waals surface area contributed by atoms with Gasteiger partial charge in [-0.25, -0.2) is 8.42 Å². The standard InChI is InChI=1S/C8H12BrNO2S2/c1-6(10)4-14(11,12)5-8-7(9)2-3-13-8/h2-3,6H,4-5,10H2,1H3. The lowest BCUT2D eigenvalue weighted by Crippen LogP contribution is -2.26. The van der Waals surface area contributed by atoms with E-state index < -0.39 is 9.84 Å². The van der Waals surface area contributed by atoms with Crippen molar-refractivity contribution in [1.29, 1.82) is 0 Å². The fourth-order valence-electron chi connectivity index (χ4n) is 1.09. The number of hydrogen-bond acceptors (Lipinski definition) is 4. The maximum absolute atomic E-state index is 11.6. The number of sulfone groups is 1. The van der Waals surface area contributed by atoms with Crippen LogP contribution < -0.4 is 5.73 Å². The first-order valence-corrected chi connectivity index (χ1v) is 7.58. The van der Waals surface area contributed by atoms with Crippen LogP contribution in [0.25, 0.3) is 0 Å². The fourth-order valence-corrected chi connectivity index (χ4v) is 4.83. The Morgan fingerprint density at radius 1 is 1.64 bits per heavy atom. The number of thiophene rings is 1. The molecular formula is C8H12BrNO2S2. The molecule has 1 unspecified atom stereocenters. The Morgan fingerprint density at radius 2 is 2.29 bits per heavy atom. The lowest BCUT2D eigenvalue weighted by molar-refractivity contribution is 0.589. The van der Waals surface area contributed by atoms with Crippen LogP contribution >= 0.6 is 27.3 Å². The molecular weight excluding hydrogens is 286 g/mol. The molecule has 6 heteroatoms. The molecule has 2 N–H and O–H groups in total. The Morgan fingerprint density at radius 3 is 2.71 bits per heavy atom. The molecule has 80 valence electrons. The normalized spacial score (nSPS) is 14.2. The van der Waals surface area contributed by atoms with Crippen molar-refractivity contribution in [3.63, 3.8) is 0 Å². The number of halogens is 1. The molecule has 1 atom stereocenters. The third-order valence-electron chi connectivity index (χ3n) is 1.56. The number of nitrogens with two attached hydrogens (primary N) is 1. The number of hydrogen-bond donors (Lipinski definition) is 1. The molecule has 0 fully saturated rings. The Kier molecular flexibility index (Phi) is 4.12. The van der Waals surface area contributed by atoms with E-state index in [9.17, 15) is 8.42 Å². The molecule has 3 nitrogen and oxygen atoms in total. The van der Waals surface area contributed by atoms with Gasteiger partial charge in [-0.05, 0) is 34.3 Å². The molecule has 0 radical (unpaired) electrons. The minimum atomic E-state index is -3.07. The molecule has 0 saturated heterocycles. The number of rotatable bonds is 4. The summed E-state index contributed by atoms with van der Waals surface area (Å²) < 4.78 is 24.0. The van der Waals surface area contributed by atoms with Gasteiger partial charge in [0.05, 0.1) is 11.5 Å². The molecule has 0 aromatic carbocycles. The summed E-state index contributed by atoms with van der Waals surface area (Å²) in [5.74, 6) is 0.115. The topological polar surface area (TPSA) is 60.2 Å². The minimum Gasteiger partial charge on any atom is -0.327 e. The molecule has 1 heterocycles. The molecule has 0 aliphatic rings. The monoisotopic (exact) mass is 297 g/mol. The highest BCUT2D eigenvalue weighted by molar-refractivity contribution is 9.10. The Balaban J connectivity index is 2.74. The summed E-state index contributed by atoms with van der Waals surface area (Å²) in [5.41, 5.74) is 5.46. The quantitative estimate of drug-likeness (QED) is 0.921. The summed E-state index contributed by atoms with van der Waals surface area (Å²) in [6.07, 6.45) is 0. The Bertz CT molecular complexity index is 397. The second kappa shape index (κ2) is 4.74. The maximum Gasteiger partial charge on any atom is 0.156 e. The van der Waals surface area contributed by atoms with Crippen LogP contribution in [-0.4, -0.2) is 20.2 Å². The third kappa shape index (κ3) is 3.68. The van der Waals surface area contributed by atoms with E-state index >= 15 is 0 Å². The second-order valence-electron chi connectivity index (χ2n) is 3.22. The summed E-state index contributed by atoms with van der Waals surface area (Å²) in [7, 11) is -3.07. The predicted molar refractivity (Wildman–Crippen MR) is 63.2 cm³/mol. The summed E-state index contributed by atoms with van der Waals surface area (Å²) >= 11 is 4.74. The summed E-state index contributed by atoms with van der Waals surface area (Å²) in [6.45, 7) is 1.70. The van der Waals surface area contributed by atoms with E-state index in [1.165, 1.54) is 11.3 Å². The van der Waals surface area contributed by atoms with Gasteiger partial charge in [-0.2, -0.15) is 0 Å². The van der Waals surface area contributed by atoms with Crippen LogP contribution in [0.1, 0.15) is 11.8 Å². The Hall–Kier alpha value is 0.0900. The van der Waals surface area contributed by atoms with E-state index in [0.29, 0.717) is 0 Å². The van der Waals surface area contributed by atoms with E-state index in [-0.39, 0.29) is 17.5 Å². The van der Waals surface area contributed by atoms with Gasteiger partial charge in [-0.3, -0.25) is 0 Å². The first-order chi connectivity index (χ1) is 6.41. The zero-order chi connectivity index (χ0) is 10.8. The smallest absolute Gasteiger partial charge is 0.156 e. The van der Waals surface area contributed by atoms with Gasteiger partial charge in [0.15, 0.2) is 9.84 Å². The maximum atomic E-state index is 11.6. The van der Waals surface area contributed by atoms with Crippen LogP contribution in [0.3, 0.4) is 0 Å². The van der Waals surface area contributed by atoms with Crippen LogP contribution in [0.2, 0.25) is 0 Å². The Labute approximate surface area is 96.4 Å². The molecule has 14 heavy (non-hydrogen) atoms. The van der Waals surface area contributed by atoms with Crippen molar-refractivity contribution in [1.82, 2.24) is 0 Å². The van der Waals surface area contributed by atoms with Crippen molar-refractivity contribution in [3.8, 4) is 0 Å².